The van der Waals surface area contributed by atoms with E-state index in [1.54, 1.807) is 0 Å². The number of nitrogens with zero attached hydrogens (tertiary/aromatic N) is 3. The van der Waals surface area contributed by atoms with Gasteiger partial charge in [0.1, 0.15) is 5.58 Å². The molecule has 2 aliphatic carbocycles. The summed E-state index contributed by atoms with van der Waals surface area (Å²) in [4.78, 5) is 8.11. The van der Waals surface area contributed by atoms with E-state index in [0.717, 1.165) is 65.4 Å². The summed E-state index contributed by atoms with van der Waals surface area (Å²) < 4.78 is 10.6. The summed E-state index contributed by atoms with van der Waals surface area (Å²) in [5.74, 6) is 0. The van der Waals surface area contributed by atoms with Crippen LogP contribution in [-0.2, 0) is 32.5 Å². The minimum Gasteiger partial charge on any atom is -0.468 e. The molecule has 3 aliphatic heterocycles. The Morgan fingerprint density at radius 2 is 1.08 bits per heavy atom. The Balaban J connectivity index is 1.09. The Morgan fingerprint density at radius 3 is 1.71 bits per heavy atom. The predicted molar refractivity (Wildman–Crippen MR) is 363 cm³/mol. The Hall–Kier alpha value is -7.02. The third-order valence-electron chi connectivity index (χ3n) is 21.5. The van der Waals surface area contributed by atoms with Gasteiger partial charge in [-0.05, 0) is 194 Å². The van der Waals surface area contributed by atoms with Gasteiger partial charge in [-0.3, -0.25) is 0 Å². The smallest absolute Gasteiger partial charge is 0.297 e. The van der Waals surface area contributed by atoms with Gasteiger partial charge in [0.25, 0.3) is 6.71 Å². The zero-order valence-electron chi connectivity index (χ0n) is 52.4. The third kappa shape index (κ3) is 7.69. The van der Waals surface area contributed by atoms with Gasteiger partial charge in [-0.15, -0.1) is 11.3 Å². The van der Waals surface area contributed by atoms with Crippen LogP contribution in [0.25, 0.3) is 42.3 Å². The molecule has 5 heterocycles. The van der Waals surface area contributed by atoms with E-state index in [0.29, 0.717) is 0 Å². The maximum Gasteiger partial charge on any atom is 0.297 e. The fraction of sp³-hybridized carbons (Fsp3) is 0.359. The molecule has 1 fully saturated rings. The van der Waals surface area contributed by atoms with E-state index in [1.807, 2.05) is 11.3 Å². The van der Waals surface area contributed by atoms with Gasteiger partial charge in [-0.1, -0.05) is 183 Å². The minimum absolute atomic E-state index is 0.00456. The van der Waals surface area contributed by atoms with E-state index < -0.39 is 0 Å². The Labute approximate surface area is 504 Å². The second kappa shape index (κ2) is 17.8. The molecular formula is C78H82BN3OS. The predicted octanol–water partition coefficient (Wildman–Crippen LogP) is 20.5. The number of hydrogen-bond donors (Lipinski definition) is 0. The van der Waals surface area contributed by atoms with Crippen molar-refractivity contribution in [3.8, 4) is 11.1 Å². The lowest BCUT2D eigenvalue weighted by molar-refractivity contribution is 0.195. The van der Waals surface area contributed by atoms with Gasteiger partial charge in [0.15, 0.2) is 0 Å². The molecule has 0 spiro atoms. The summed E-state index contributed by atoms with van der Waals surface area (Å²) in [6, 6.07) is 60.0. The van der Waals surface area contributed by atoms with Gasteiger partial charge >= 0.3 is 0 Å². The fourth-order valence-electron chi connectivity index (χ4n) is 16.2. The maximum absolute atomic E-state index is 7.90. The van der Waals surface area contributed by atoms with Crippen molar-refractivity contribution in [2.75, 3.05) is 14.7 Å². The van der Waals surface area contributed by atoms with Crippen molar-refractivity contribution in [1.29, 1.82) is 0 Å². The number of benzene rings is 8. The summed E-state index contributed by atoms with van der Waals surface area (Å²) in [6.45, 7) is 35.8. The summed E-state index contributed by atoms with van der Waals surface area (Å²) in [5, 5.41) is 3.89. The highest BCUT2D eigenvalue weighted by atomic mass is 32.1. The first-order valence-corrected chi connectivity index (χ1v) is 32.2. The summed E-state index contributed by atoms with van der Waals surface area (Å²) in [6.07, 6.45) is 6.89. The molecule has 6 heteroatoms. The van der Waals surface area contributed by atoms with Crippen LogP contribution in [0, 0.1) is 0 Å². The first kappa shape index (κ1) is 53.7. The highest BCUT2D eigenvalue weighted by Gasteiger charge is 2.62. The summed E-state index contributed by atoms with van der Waals surface area (Å²) >= 11 is 1.91. The maximum atomic E-state index is 7.90. The molecule has 5 aliphatic rings. The van der Waals surface area contributed by atoms with Crippen molar-refractivity contribution >= 4 is 111 Å². The number of rotatable bonds is 5. The van der Waals surface area contributed by atoms with Crippen molar-refractivity contribution in [3.63, 3.8) is 0 Å². The molecule has 4 nitrogen and oxygen atoms in total. The molecule has 84 heavy (non-hydrogen) atoms. The molecule has 424 valence electrons. The zero-order chi connectivity index (χ0) is 58.6. The Morgan fingerprint density at radius 1 is 0.512 bits per heavy atom. The molecule has 2 unspecified atom stereocenters. The largest absolute Gasteiger partial charge is 0.468 e. The average molecular weight is 1120 g/mol. The SMILES string of the molecule is CC(C)(C)c1ccc(N(c2ccc(C(C)(C)C)cc2)c2cc3c4c(c2)N2c5c(cc(-c6cccc7sc8ccccc8c67)cc5C5(C)CCCCC25C)B4c2oc4cc5c(cc4c2N3c2ccc(C(C)(C)C)cc2)C(C)(C)CCC5(C)C)cc1. The molecule has 2 atom stereocenters. The number of thiophene rings is 1. The van der Waals surface area contributed by atoms with E-state index in [2.05, 4.69) is 270 Å². The summed E-state index contributed by atoms with van der Waals surface area (Å²) in [7, 11) is 0. The van der Waals surface area contributed by atoms with Crippen LogP contribution in [0.15, 0.2) is 156 Å². The number of furan rings is 1. The van der Waals surface area contributed by atoms with Gasteiger partial charge in [0.05, 0.1) is 22.6 Å². The van der Waals surface area contributed by atoms with Crippen molar-refractivity contribution in [3.05, 3.63) is 185 Å². The van der Waals surface area contributed by atoms with Crippen LogP contribution in [0.2, 0.25) is 0 Å². The molecule has 0 saturated heterocycles. The van der Waals surface area contributed by atoms with Crippen LogP contribution >= 0.6 is 11.3 Å². The second-order valence-corrected chi connectivity index (χ2v) is 31.8. The average Bonchev–Trinajstić information content (AvgIpc) is 1.46. The van der Waals surface area contributed by atoms with E-state index in [9.17, 15) is 0 Å². The van der Waals surface area contributed by atoms with Gasteiger partial charge in [0, 0.05) is 65.1 Å². The number of fused-ring (bicyclic) bond motifs is 13. The lowest BCUT2D eigenvalue weighted by Gasteiger charge is -2.52. The van der Waals surface area contributed by atoms with E-state index in [-0.39, 0.29) is 44.7 Å². The van der Waals surface area contributed by atoms with Crippen molar-refractivity contribution in [2.24, 2.45) is 0 Å². The fourth-order valence-corrected chi connectivity index (χ4v) is 17.3. The third-order valence-corrected chi connectivity index (χ3v) is 22.7. The van der Waals surface area contributed by atoms with Gasteiger partial charge in [-0.2, -0.15) is 0 Å². The highest BCUT2D eigenvalue weighted by Crippen LogP contribution is 2.64. The Bertz CT molecular complexity index is 4310. The Kier molecular flexibility index (Phi) is 11.4. The molecule has 10 aromatic rings. The van der Waals surface area contributed by atoms with E-state index in [4.69, 9.17) is 4.42 Å². The number of anilines is 8. The quantitative estimate of drug-likeness (QED) is 0.160. The van der Waals surface area contributed by atoms with Crippen molar-refractivity contribution in [2.45, 2.75) is 180 Å². The molecule has 8 aromatic carbocycles. The second-order valence-electron chi connectivity index (χ2n) is 30.8. The van der Waals surface area contributed by atoms with Gasteiger partial charge in [0.2, 0.25) is 0 Å². The molecule has 0 radical (unpaired) electrons. The highest BCUT2D eigenvalue weighted by molar-refractivity contribution is 7.26. The molecule has 0 amide bonds. The lowest BCUT2D eigenvalue weighted by atomic mass is 9.35. The van der Waals surface area contributed by atoms with E-state index >= 15 is 0 Å². The van der Waals surface area contributed by atoms with Crippen LogP contribution in [0.1, 0.15) is 176 Å². The van der Waals surface area contributed by atoms with Crippen LogP contribution in [0.5, 0.6) is 0 Å². The first-order valence-electron chi connectivity index (χ1n) is 31.4. The molecular weight excluding hydrogens is 1040 g/mol. The normalized spacial score (nSPS) is 20.2. The summed E-state index contributed by atoms with van der Waals surface area (Å²) in [5.41, 5.74) is 24.9. The van der Waals surface area contributed by atoms with Crippen LogP contribution in [0.4, 0.5) is 45.5 Å². The van der Waals surface area contributed by atoms with Crippen LogP contribution in [-0.4, -0.2) is 12.3 Å². The lowest BCUT2D eigenvalue weighted by Crippen LogP contribution is -2.64. The molecule has 1 saturated carbocycles. The zero-order valence-corrected chi connectivity index (χ0v) is 53.2. The van der Waals surface area contributed by atoms with Crippen molar-refractivity contribution < 1.29 is 4.42 Å². The molecule has 0 bridgehead atoms. The van der Waals surface area contributed by atoms with Crippen molar-refractivity contribution in [1.82, 2.24) is 0 Å². The topological polar surface area (TPSA) is 22.9 Å². The molecule has 2 aromatic heterocycles. The van der Waals surface area contributed by atoms with E-state index in [1.165, 1.54) is 111 Å². The molecule has 15 rings (SSSR count). The minimum atomic E-state index is -0.226. The van der Waals surface area contributed by atoms with Crippen LogP contribution < -0.4 is 31.3 Å². The van der Waals surface area contributed by atoms with Gasteiger partial charge in [-0.25, -0.2) is 0 Å². The number of hydrogen-bond acceptors (Lipinski definition) is 5. The monoisotopic (exact) mass is 1120 g/mol. The van der Waals surface area contributed by atoms with Crippen LogP contribution in [0.3, 0.4) is 0 Å². The molecule has 0 N–H and O–H groups in total. The van der Waals surface area contributed by atoms with Gasteiger partial charge < -0.3 is 19.1 Å². The first-order chi connectivity index (χ1) is 39.7. The standard InChI is InChI=1S/C78H82BN3OS/c1-72(2,3)48-25-31-51(32-26-48)80(52-33-27-49(28-34-52)73(4,5)6)54-43-62-68-63(44-54)82-70-60(77(14)37-18-19-38-78(77,82)15)41-47(55-22-20-24-66-67(55)56-21-16-17-23-65(56)84-66)42-61(70)79(68)71-69(81(62)53-35-29-50(30-36-53)74(7,8)9)57-45-58-59(46-64(57)83-71)76(12,13)40-39-75(58,10)11/h16-17,20-36,41-46H,18-19,37-40H2,1-15H3.